The molecule has 0 saturated heterocycles. The van der Waals surface area contributed by atoms with Crippen LogP contribution in [-0.4, -0.2) is 22.6 Å². The molecule has 0 aliphatic carbocycles. The molecule has 0 spiro atoms. The first kappa shape index (κ1) is 19.5. The van der Waals surface area contributed by atoms with Gasteiger partial charge in [0.05, 0.1) is 11.1 Å². The van der Waals surface area contributed by atoms with E-state index in [0.717, 1.165) is 23.0 Å². The number of rotatable bonds is 7. The first-order valence-electron chi connectivity index (χ1n) is 9.18. The molecule has 1 atom stereocenters. The lowest BCUT2D eigenvalue weighted by Gasteiger charge is -2.16. The van der Waals surface area contributed by atoms with E-state index in [1.54, 1.807) is 6.20 Å². The lowest BCUT2D eigenvalue weighted by molar-refractivity contribution is 0.507. The molecule has 3 rings (SSSR count). The van der Waals surface area contributed by atoms with E-state index in [0.29, 0.717) is 12.5 Å². The summed E-state index contributed by atoms with van der Waals surface area (Å²) in [6.45, 7) is 4.57. The van der Waals surface area contributed by atoms with Crippen molar-refractivity contribution in [3.8, 4) is 6.07 Å². The van der Waals surface area contributed by atoms with E-state index >= 15 is 0 Å². The van der Waals surface area contributed by atoms with E-state index in [1.165, 1.54) is 6.07 Å². The molecule has 0 amide bonds. The van der Waals surface area contributed by atoms with Crippen molar-refractivity contribution in [2.24, 2.45) is 11.7 Å². The highest BCUT2D eigenvalue weighted by Crippen LogP contribution is 2.25. The molecule has 4 N–H and O–H groups in total. The van der Waals surface area contributed by atoms with Gasteiger partial charge in [-0.3, -0.25) is 4.98 Å². The van der Waals surface area contributed by atoms with Crippen molar-refractivity contribution < 1.29 is 4.39 Å². The fourth-order valence-electron chi connectivity index (χ4n) is 3.00. The minimum Gasteiger partial charge on any atom is -0.366 e. The molecule has 7 heteroatoms. The Bertz CT molecular complexity index is 1010. The van der Waals surface area contributed by atoms with Crippen LogP contribution in [0.25, 0.3) is 10.9 Å². The Kier molecular flexibility index (Phi) is 6.02. The van der Waals surface area contributed by atoms with Gasteiger partial charge in [-0.25, -0.2) is 9.37 Å². The molecular formula is C21H23FN6. The number of fused-ring (bicyclic) bond motifs is 1. The van der Waals surface area contributed by atoms with E-state index in [9.17, 15) is 9.65 Å². The van der Waals surface area contributed by atoms with Crippen molar-refractivity contribution >= 4 is 28.2 Å². The topological polar surface area (TPSA) is 99.7 Å². The SMILES string of the molecule is CC(C)C[C@H](N)CNc1nc(Nc2ccc3ncccc3c2)c(C#N)cc1F. The molecule has 2 heterocycles. The first-order chi connectivity index (χ1) is 13.5. The molecule has 3 aromatic rings. The molecule has 6 nitrogen and oxygen atoms in total. The Labute approximate surface area is 163 Å². The van der Waals surface area contributed by atoms with Gasteiger partial charge in [-0.2, -0.15) is 5.26 Å². The molecule has 0 saturated carbocycles. The van der Waals surface area contributed by atoms with Crippen LogP contribution in [0.5, 0.6) is 0 Å². The second-order valence-electron chi connectivity index (χ2n) is 7.13. The highest BCUT2D eigenvalue weighted by Gasteiger charge is 2.14. The van der Waals surface area contributed by atoms with Gasteiger partial charge in [0, 0.05) is 29.9 Å². The number of anilines is 3. The van der Waals surface area contributed by atoms with Crippen molar-refractivity contribution in [3.63, 3.8) is 0 Å². The lowest BCUT2D eigenvalue weighted by atomic mass is 10.0. The number of benzene rings is 1. The second-order valence-corrected chi connectivity index (χ2v) is 7.13. The van der Waals surface area contributed by atoms with Crippen LogP contribution in [0.4, 0.5) is 21.7 Å². The van der Waals surface area contributed by atoms with Gasteiger partial charge in [0.15, 0.2) is 17.5 Å². The van der Waals surface area contributed by atoms with Gasteiger partial charge in [0.25, 0.3) is 0 Å². The van der Waals surface area contributed by atoms with Gasteiger partial charge in [-0.05, 0) is 42.7 Å². The predicted molar refractivity (Wildman–Crippen MR) is 110 cm³/mol. The highest BCUT2D eigenvalue weighted by molar-refractivity contribution is 5.83. The molecule has 28 heavy (non-hydrogen) atoms. The maximum Gasteiger partial charge on any atom is 0.166 e. The van der Waals surface area contributed by atoms with E-state index in [-0.39, 0.29) is 23.2 Å². The van der Waals surface area contributed by atoms with Crippen molar-refractivity contribution in [2.75, 3.05) is 17.2 Å². The zero-order chi connectivity index (χ0) is 20.1. The van der Waals surface area contributed by atoms with Crippen LogP contribution in [0.15, 0.2) is 42.6 Å². The second kappa shape index (κ2) is 8.63. The minimum atomic E-state index is -0.582. The minimum absolute atomic E-state index is 0.0724. The van der Waals surface area contributed by atoms with Crippen molar-refractivity contribution in [2.45, 2.75) is 26.3 Å². The molecule has 0 aliphatic heterocycles. The lowest BCUT2D eigenvalue weighted by Crippen LogP contribution is -2.31. The van der Waals surface area contributed by atoms with Crippen molar-refractivity contribution in [1.29, 1.82) is 5.26 Å². The van der Waals surface area contributed by atoms with Gasteiger partial charge in [-0.15, -0.1) is 0 Å². The van der Waals surface area contributed by atoms with Gasteiger partial charge in [0.2, 0.25) is 0 Å². The molecule has 0 bridgehead atoms. The summed E-state index contributed by atoms with van der Waals surface area (Å²) in [5.74, 6) is 0.229. The quantitative estimate of drug-likeness (QED) is 0.571. The Morgan fingerprint density at radius 3 is 2.79 bits per heavy atom. The van der Waals surface area contributed by atoms with Crippen LogP contribution < -0.4 is 16.4 Å². The molecule has 144 valence electrons. The number of nitriles is 1. The van der Waals surface area contributed by atoms with E-state index in [4.69, 9.17) is 5.73 Å². The summed E-state index contributed by atoms with van der Waals surface area (Å²) in [5, 5.41) is 16.4. The standard InChI is InChI=1S/C21H23FN6/c1-13(2)8-16(24)12-26-21-18(22)10-15(11-23)20(28-21)27-17-5-6-19-14(9-17)4-3-7-25-19/h3-7,9-10,13,16H,8,12,24H2,1-2H3,(H2,26,27,28)/t16-/m0/s1. The average Bonchev–Trinajstić information content (AvgIpc) is 2.67. The van der Waals surface area contributed by atoms with Crippen LogP contribution in [0.1, 0.15) is 25.8 Å². The van der Waals surface area contributed by atoms with Crippen molar-refractivity contribution in [3.05, 3.63) is 54.0 Å². The first-order valence-corrected chi connectivity index (χ1v) is 9.18. The molecule has 0 radical (unpaired) electrons. The van der Waals surface area contributed by atoms with Gasteiger partial charge in [0.1, 0.15) is 6.07 Å². The van der Waals surface area contributed by atoms with Crippen LogP contribution in [0.2, 0.25) is 0 Å². The Morgan fingerprint density at radius 2 is 2.04 bits per heavy atom. The van der Waals surface area contributed by atoms with E-state index < -0.39 is 5.82 Å². The normalized spacial score (nSPS) is 12.0. The van der Waals surface area contributed by atoms with Gasteiger partial charge >= 0.3 is 0 Å². The summed E-state index contributed by atoms with van der Waals surface area (Å²) in [5.41, 5.74) is 7.78. The summed E-state index contributed by atoms with van der Waals surface area (Å²) in [6.07, 6.45) is 2.55. The summed E-state index contributed by atoms with van der Waals surface area (Å²) >= 11 is 0. The summed E-state index contributed by atoms with van der Waals surface area (Å²) in [4.78, 5) is 8.56. The number of nitrogens with two attached hydrogens (primary N) is 1. The third kappa shape index (κ3) is 4.72. The zero-order valence-corrected chi connectivity index (χ0v) is 15.9. The average molecular weight is 378 g/mol. The number of halogens is 1. The molecule has 0 unspecified atom stereocenters. The van der Waals surface area contributed by atoms with Crippen LogP contribution in [-0.2, 0) is 0 Å². The zero-order valence-electron chi connectivity index (χ0n) is 15.9. The summed E-state index contributed by atoms with van der Waals surface area (Å²) < 4.78 is 14.3. The highest BCUT2D eigenvalue weighted by atomic mass is 19.1. The number of nitrogens with zero attached hydrogens (tertiary/aromatic N) is 3. The maximum absolute atomic E-state index is 14.3. The van der Waals surface area contributed by atoms with Crippen molar-refractivity contribution in [1.82, 2.24) is 9.97 Å². The number of hydrogen-bond donors (Lipinski definition) is 3. The smallest absolute Gasteiger partial charge is 0.166 e. The fourth-order valence-corrected chi connectivity index (χ4v) is 3.00. The number of pyridine rings is 2. The molecule has 1 aromatic carbocycles. The summed E-state index contributed by atoms with van der Waals surface area (Å²) in [7, 11) is 0. The van der Waals surface area contributed by atoms with E-state index in [2.05, 4.69) is 34.4 Å². The monoisotopic (exact) mass is 378 g/mol. The van der Waals surface area contributed by atoms with Crippen LogP contribution in [0, 0.1) is 23.1 Å². The Morgan fingerprint density at radius 1 is 1.21 bits per heavy atom. The predicted octanol–water partition coefficient (Wildman–Crippen LogP) is 4.17. The third-order valence-corrected chi connectivity index (χ3v) is 4.27. The Hall–Kier alpha value is -3.24. The summed E-state index contributed by atoms with van der Waals surface area (Å²) in [6, 6.07) is 12.5. The third-order valence-electron chi connectivity index (χ3n) is 4.27. The largest absolute Gasteiger partial charge is 0.366 e. The molecule has 2 aromatic heterocycles. The van der Waals surface area contributed by atoms with Gasteiger partial charge in [-0.1, -0.05) is 19.9 Å². The fraction of sp³-hybridized carbons (Fsp3) is 0.286. The van der Waals surface area contributed by atoms with Crippen LogP contribution in [0.3, 0.4) is 0 Å². The molecule has 0 aliphatic rings. The van der Waals surface area contributed by atoms with E-state index in [1.807, 2.05) is 36.4 Å². The Balaban J connectivity index is 1.83. The maximum atomic E-state index is 14.3. The molecule has 0 fully saturated rings. The molecular weight excluding hydrogens is 355 g/mol. The number of aromatic nitrogens is 2. The van der Waals surface area contributed by atoms with Gasteiger partial charge < -0.3 is 16.4 Å². The number of nitrogens with one attached hydrogen (secondary N) is 2. The van der Waals surface area contributed by atoms with Crippen LogP contribution >= 0.6 is 0 Å². The number of hydrogen-bond acceptors (Lipinski definition) is 6.